The maximum atomic E-state index is 13.6. The molecule has 4 heterocycles. The Morgan fingerprint density at radius 3 is 2.04 bits per heavy atom. The lowest BCUT2D eigenvalue weighted by atomic mass is 9.99. The van der Waals surface area contributed by atoms with Gasteiger partial charge in [-0.3, -0.25) is 24.1 Å². The van der Waals surface area contributed by atoms with Crippen molar-refractivity contribution >= 4 is 34.3 Å². The van der Waals surface area contributed by atoms with Crippen LogP contribution in [0.5, 0.6) is 0 Å². The molecule has 0 spiro atoms. The average molecular weight is 766 g/mol. The molecular weight excluding hydrogens is 711 g/mol. The third-order valence-electron chi connectivity index (χ3n) is 12.1. The molecular formula is C48H55N5O4. The highest BCUT2D eigenvalue weighted by molar-refractivity contribution is 5.94. The number of H-pyrrole nitrogens is 1. The number of likely N-dealkylation sites (tertiary alicyclic amines) is 3. The second-order valence-corrected chi connectivity index (χ2v) is 15.8. The van der Waals surface area contributed by atoms with Crippen molar-refractivity contribution in [2.75, 3.05) is 33.2 Å². The summed E-state index contributed by atoms with van der Waals surface area (Å²) in [6.07, 6.45) is 4.49. The molecule has 0 radical (unpaired) electrons. The molecule has 0 saturated carbocycles. The highest BCUT2D eigenvalue weighted by atomic mass is 16.2. The van der Waals surface area contributed by atoms with E-state index in [1.54, 1.807) is 11.9 Å². The third-order valence-corrected chi connectivity index (χ3v) is 12.1. The zero-order chi connectivity index (χ0) is 38.6. The predicted molar refractivity (Wildman–Crippen MR) is 225 cm³/mol. The normalized spacial score (nSPS) is 20.1. The van der Waals surface area contributed by atoms with E-state index in [-0.39, 0.29) is 49.2 Å². The Labute approximate surface area is 336 Å². The molecule has 2 N–H and O–H groups in total. The van der Waals surface area contributed by atoms with Gasteiger partial charge in [-0.15, -0.1) is 0 Å². The number of aromatic nitrogens is 1. The number of aromatic amines is 1. The molecule has 1 aromatic heterocycles. The van der Waals surface area contributed by atoms with Gasteiger partial charge in [-0.25, -0.2) is 0 Å². The number of benzene rings is 4. The molecule has 5 aromatic rings. The molecule has 8 rings (SSSR count). The molecule has 3 fully saturated rings. The minimum absolute atomic E-state index is 0. The lowest BCUT2D eigenvalue weighted by Crippen LogP contribution is -2.46. The second-order valence-electron chi connectivity index (χ2n) is 15.8. The van der Waals surface area contributed by atoms with Gasteiger partial charge < -0.3 is 20.1 Å². The van der Waals surface area contributed by atoms with E-state index in [4.69, 9.17) is 0 Å². The first kappa shape index (κ1) is 39.8. The maximum Gasteiger partial charge on any atom is 0.244 e. The number of nitrogens with one attached hydrogen (secondary N) is 2. The number of hydrogen-bond acceptors (Lipinski definition) is 6. The van der Waals surface area contributed by atoms with Crippen LogP contribution in [0.25, 0.3) is 22.2 Å². The molecule has 2 amide bonds. The molecule has 3 saturated heterocycles. The van der Waals surface area contributed by atoms with Crippen LogP contribution in [-0.2, 0) is 38.6 Å². The van der Waals surface area contributed by atoms with E-state index >= 15 is 0 Å². The fourth-order valence-electron chi connectivity index (χ4n) is 9.12. The van der Waals surface area contributed by atoms with Crippen molar-refractivity contribution in [2.24, 2.45) is 5.92 Å². The monoisotopic (exact) mass is 765 g/mol. The van der Waals surface area contributed by atoms with Crippen molar-refractivity contribution < 1.29 is 19.2 Å². The Morgan fingerprint density at radius 2 is 1.33 bits per heavy atom. The highest BCUT2D eigenvalue weighted by Crippen LogP contribution is 2.30. The molecule has 3 aliphatic rings. The molecule has 296 valence electrons. The van der Waals surface area contributed by atoms with Gasteiger partial charge in [0.15, 0.2) is 11.6 Å². The van der Waals surface area contributed by atoms with E-state index in [9.17, 15) is 19.2 Å². The number of carbonyl (C=O) groups is 4. The van der Waals surface area contributed by atoms with Gasteiger partial charge in [-0.1, -0.05) is 98.4 Å². The molecule has 0 bridgehead atoms. The number of hydrogen-bond donors (Lipinski definition) is 2. The van der Waals surface area contributed by atoms with Crippen LogP contribution >= 0.6 is 0 Å². The molecule has 0 aliphatic carbocycles. The van der Waals surface area contributed by atoms with Crippen LogP contribution in [0.1, 0.15) is 67.8 Å². The van der Waals surface area contributed by atoms with E-state index in [1.165, 1.54) is 5.56 Å². The second kappa shape index (κ2) is 17.8. The Kier molecular flexibility index (Phi) is 12.5. The number of Topliss-reactive ketones (excluding diaryl/α,β-unsaturated/α-hetero) is 2. The van der Waals surface area contributed by atoms with Crippen molar-refractivity contribution in [3.05, 3.63) is 131 Å². The van der Waals surface area contributed by atoms with Gasteiger partial charge in [0.1, 0.15) is 6.04 Å². The summed E-state index contributed by atoms with van der Waals surface area (Å²) in [6, 6.07) is 35.0. The SMILES string of the molecule is C.CN[C@@H](C(=O)N1CCC[C@H]1C(=O)Cc1ccc2[nH]c(-c3ccc(CC(=O)[C@@H]4CCCN4C(=O)[C@H]4CCN(Cc5ccccc5)C4)cc3)cc2c1)c1ccccc1. The van der Waals surface area contributed by atoms with Gasteiger partial charge in [0.25, 0.3) is 0 Å². The number of rotatable bonds is 13. The van der Waals surface area contributed by atoms with Gasteiger partial charge in [0, 0.05) is 55.6 Å². The summed E-state index contributed by atoms with van der Waals surface area (Å²) in [5, 5.41) is 4.16. The smallest absolute Gasteiger partial charge is 0.244 e. The maximum absolute atomic E-state index is 13.6. The average Bonchev–Trinajstić information content (AvgIpc) is 4.06. The topological polar surface area (TPSA) is 106 Å². The summed E-state index contributed by atoms with van der Waals surface area (Å²) in [4.78, 5) is 64.0. The van der Waals surface area contributed by atoms with Crippen LogP contribution in [0.4, 0.5) is 0 Å². The van der Waals surface area contributed by atoms with Gasteiger partial charge >= 0.3 is 0 Å². The molecule has 57 heavy (non-hydrogen) atoms. The van der Waals surface area contributed by atoms with Gasteiger partial charge in [0.05, 0.1) is 18.0 Å². The van der Waals surface area contributed by atoms with E-state index in [2.05, 4.69) is 51.6 Å². The minimum atomic E-state index is -0.485. The lowest BCUT2D eigenvalue weighted by molar-refractivity contribution is -0.140. The number of carbonyl (C=O) groups excluding carboxylic acids is 4. The van der Waals surface area contributed by atoms with Gasteiger partial charge in [-0.05, 0) is 91.7 Å². The number of likely N-dealkylation sites (N-methyl/N-ethyl adjacent to an activating group) is 1. The van der Waals surface area contributed by atoms with Crippen LogP contribution in [0, 0.1) is 5.92 Å². The summed E-state index contributed by atoms with van der Waals surface area (Å²) in [5.74, 6) is 0.197. The van der Waals surface area contributed by atoms with E-state index < -0.39 is 12.1 Å². The number of ketones is 2. The Bertz CT molecular complexity index is 2180. The van der Waals surface area contributed by atoms with Crippen molar-refractivity contribution in [2.45, 2.75) is 77.0 Å². The van der Waals surface area contributed by atoms with Crippen molar-refractivity contribution in [3.63, 3.8) is 0 Å². The summed E-state index contributed by atoms with van der Waals surface area (Å²) >= 11 is 0. The van der Waals surface area contributed by atoms with Crippen LogP contribution in [0.2, 0.25) is 0 Å². The van der Waals surface area contributed by atoms with Crippen LogP contribution in [0.3, 0.4) is 0 Å². The molecule has 0 unspecified atom stereocenters. The molecule has 9 nitrogen and oxygen atoms in total. The Balaban J connectivity index is 0.00000496. The van der Waals surface area contributed by atoms with Crippen molar-refractivity contribution in [1.29, 1.82) is 0 Å². The van der Waals surface area contributed by atoms with Gasteiger partial charge in [0.2, 0.25) is 11.8 Å². The largest absolute Gasteiger partial charge is 0.355 e. The molecule has 9 heteroatoms. The Hall–Kier alpha value is -5.38. The first-order chi connectivity index (χ1) is 27.3. The lowest BCUT2D eigenvalue weighted by Gasteiger charge is -2.28. The van der Waals surface area contributed by atoms with Crippen LogP contribution in [0.15, 0.2) is 109 Å². The molecule has 4 aromatic carbocycles. The summed E-state index contributed by atoms with van der Waals surface area (Å²) in [5.41, 5.74) is 6.95. The summed E-state index contributed by atoms with van der Waals surface area (Å²) in [7, 11) is 1.78. The van der Waals surface area contributed by atoms with E-state index in [0.29, 0.717) is 25.9 Å². The third kappa shape index (κ3) is 8.80. The summed E-state index contributed by atoms with van der Waals surface area (Å²) < 4.78 is 0. The fourth-order valence-corrected chi connectivity index (χ4v) is 9.12. The van der Waals surface area contributed by atoms with E-state index in [1.807, 2.05) is 77.7 Å². The van der Waals surface area contributed by atoms with E-state index in [0.717, 1.165) is 84.2 Å². The minimum Gasteiger partial charge on any atom is -0.355 e. The van der Waals surface area contributed by atoms with Crippen molar-refractivity contribution in [3.8, 4) is 11.3 Å². The number of fused-ring (bicyclic) bond motifs is 1. The predicted octanol–water partition coefficient (Wildman–Crippen LogP) is 7.16. The molecule has 3 aliphatic heterocycles. The quantitative estimate of drug-likeness (QED) is 0.132. The highest BCUT2D eigenvalue weighted by Gasteiger charge is 2.39. The van der Waals surface area contributed by atoms with Crippen molar-refractivity contribution in [1.82, 2.24) is 25.0 Å². The molecule has 4 atom stereocenters. The van der Waals surface area contributed by atoms with Crippen LogP contribution in [-0.4, -0.2) is 88.4 Å². The number of nitrogens with zero attached hydrogens (tertiary/aromatic N) is 3. The van der Waals surface area contributed by atoms with Crippen LogP contribution < -0.4 is 5.32 Å². The first-order valence-corrected chi connectivity index (χ1v) is 20.2. The zero-order valence-corrected chi connectivity index (χ0v) is 32.2. The Morgan fingerprint density at radius 1 is 0.702 bits per heavy atom. The zero-order valence-electron chi connectivity index (χ0n) is 32.2. The van der Waals surface area contributed by atoms with Gasteiger partial charge in [-0.2, -0.15) is 0 Å². The first-order valence-electron chi connectivity index (χ1n) is 20.2. The summed E-state index contributed by atoms with van der Waals surface area (Å²) in [6.45, 7) is 3.73. The standard InChI is InChI=1S/C47H51N5O4.CH4/c1-48-45(36-12-6-3-7-13-36)47(56)52-24-9-15-42(52)44(54)28-34-18-21-39-38(26-34)29-40(49-39)35-19-16-32(17-20-35)27-43(53)41-14-8-23-51(41)46(55)37-22-25-50(31-37)30-33-10-4-2-5-11-33;/h2-7,10-13,16-21,26,29,37,41-42,45,48-49H,8-9,14-15,22-25,27-28,30-31H2,1H3;1H4/t37-,41-,42-,45+;/m0./s1. The number of amides is 2. The fraction of sp³-hybridized carbons (Fsp3) is 0.375.